The van der Waals surface area contributed by atoms with Gasteiger partial charge in [0.2, 0.25) is 4.77 Å². The zero-order valence-corrected chi connectivity index (χ0v) is 16.5. The number of aromatic amines is 1. The highest BCUT2D eigenvalue weighted by molar-refractivity contribution is 7.71. The Morgan fingerprint density at radius 2 is 1.75 bits per heavy atom. The SMILES string of the molecule is Cc1ccc(-c2cn3c(=S)ncc(-c4ccc([N+](=O)[O-])cc4C)c3[nH]2)c(C)c1. The summed E-state index contributed by atoms with van der Waals surface area (Å²) in [7, 11) is 0. The van der Waals surface area contributed by atoms with E-state index in [0.29, 0.717) is 4.77 Å². The number of hydrogen-bond acceptors (Lipinski definition) is 4. The lowest BCUT2D eigenvalue weighted by Crippen LogP contribution is -1.95. The topological polar surface area (TPSA) is 76.2 Å². The maximum Gasteiger partial charge on any atom is 0.269 e. The van der Waals surface area contributed by atoms with Gasteiger partial charge in [-0.25, -0.2) is 4.98 Å². The first-order valence-corrected chi connectivity index (χ1v) is 9.19. The summed E-state index contributed by atoms with van der Waals surface area (Å²) < 4.78 is 2.30. The molecule has 0 saturated heterocycles. The van der Waals surface area contributed by atoms with E-state index >= 15 is 0 Å². The minimum Gasteiger partial charge on any atom is -0.339 e. The molecule has 0 aliphatic rings. The Bertz CT molecular complexity index is 1300. The number of nitrogens with zero attached hydrogens (tertiary/aromatic N) is 3. The first-order chi connectivity index (χ1) is 13.3. The number of nitro benzene ring substituents is 1. The molecular formula is C21H18N4O2S. The predicted octanol–water partition coefficient (Wildman–Crippen LogP) is 5.56. The Balaban J connectivity index is 1.94. The van der Waals surface area contributed by atoms with E-state index in [4.69, 9.17) is 12.2 Å². The van der Waals surface area contributed by atoms with Crippen molar-refractivity contribution in [2.24, 2.45) is 0 Å². The molecule has 0 saturated carbocycles. The van der Waals surface area contributed by atoms with Crippen LogP contribution in [0.4, 0.5) is 5.69 Å². The van der Waals surface area contributed by atoms with Gasteiger partial charge in [0.15, 0.2) is 0 Å². The molecule has 140 valence electrons. The zero-order valence-electron chi connectivity index (χ0n) is 15.7. The molecule has 0 aliphatic carbocycles. The third kappa shape index (κ3) is 2.99. The van der Waals surface area contributed by atoms with Gasteiger partial charge < -0.3 is 4.98 Å². The van der Waals surface area contributed by atoms with Gasteiger partial charge >= 0.3 is 0 Å². The Morgan fingerprint density at radius 3 is 2.43 bits per heavy atom. The Hall–Kier alpha value is -3.32. The first kappa shape index (κ1) is 18.1. The van der Waals surface area contributed by atoms with Gasteiger partial charge in [-0.3, -0.25) is 14.5 Å². The van der Waals surface area contributed by atoms with Crippen LogP contribution in [0.1, 0.15) is 16.7 Å². The number of nitro groups is 1. The van der Waals surface area contributed by atoms with Crippen LogP contribution in [0.25, 0.3) is 28.0 Å². The third-order valence-corrected chi connectivity index (χ3v) is 5.20. The van der Waals surface area contributed by atoms with Crippen molar-refractivity contribution in [3.63, 3.8) is 0 Å². The number of aromatic nitrogens is 3. The van der Waals surface area contributed by atoms with Crippen molar-refractivity contribution in [3.8, 4) is 22.4 Å². The maximum absolute atomic E-state index is 11.0. The van der Waals surface area contributed by atoms with E-state index in [1.807, 2.05) is 17.5 Å². The summed E-state index contributed by atoms with van der Waals surface area (Å²) in [5, 5.41) is 11.0. The van der Waals surface area contributed by atoms with Crippen LogP contribution in [0.3, 0.4) is 0 Å². The van der Waals surface area contributed by atoms with Gasteiger partial charge in [0.05, 0.1) is 10.6 Å². The summed E-state index contributed by atoms with van der Waals surface area (Å²) in [6, 6.07) is 11.1. The molecule has 7 heteroatoms. The van der Waals surface area contributed by atoms with Crippen LogP contribution in [0.5, 0.6) is 0 Å². The highest BCUT2D eigenvalue weighted by Gasteiger charge is 2.15. The van der Waals surface area contributed by atoms with Crippen LogP contribution >= 0.6 is 12.2 Å². The molecule has 0 fully saturated rings. The molecular weight excluding hydrogens is 372 g/mol. The Kier molecular flexibility index (Phi) is 4.31. The van der Waals surface area contributed by atoms with E-state index in [1.165, 1.54) is 17.2 Å². The van der Waals surface area contributed by atoms with Crippen molar-refractivity contribution in [3.05, 3.63) is 80.4 Å². The quantitative estimate of drug-likeness (QED) is 0.282. The molecule has 2 aromatic carbocycles. The highest BCUT2D eigenvalue weighted by Crippen LogP contribution is 2.31. The van der Waals surface area contributed by atoms with Crippen LogP contribution in [-0.2, 0) is 0 Å². The second kappa shape index (κ2) is 6.69. The van der Waals surface area contributed by atoms with Gasteiger partial charge in [-0.2, -0.15) is 0 Å². The molecule has 0 aliphatic heterocycles. The number of benzene rings is 2. The second-order valence-electron chi connectivity index (χ2n) is 6.92. The van der Waals surface area contributed by atoms with Gasteiger partial charge in [-0.15, -0.1) is 0 Å². The molecule has 0 bridgehead atoms. The molecule has 28 heavy (non-hydrogen) atoms. The number of rotatable bonds is 3. The molecule has 2 heterocycles. The summed E-state index contributed by atoms with van der Waals surface area (Å²) in [5.41, 5.74) is 7.81. The van der Waals surface area contributed by atoms with Gasteiger partial charge in [0.25, 0.3) is 5.69 Å². The molecule has 4 rings (SSSR count). The van der Waals surface area contributed by atoms with E-state index in [9.17, 15) is 10.1 Å². The average Bonchev–Trinajstić information content (AvgIpc) is 3.08. The lowest BCUT2D eigenvalue weighted by atomic mass is 10.0. The molecule has 0 amide bonds. The van der Waals surface area contributed by atoms with Gasteiger partial charge in [-0.1, -0.05) is 23.8 Å². The van der Waals surface area contributed by atoms with Crippen molar-refractivity contribution < 1.29 is 4.92 Å². The minimum atomic E-state index is -0.390. The minimum absolute atomic E-state index is 0.0699. The standard InChI is InChI=1S/C21H18N4O2S/c1-12-4-6-17(13(2)8-12)19-11-24-20(23-19)18(10-22-21(24)28)16-7-5-15(25(26)27)9-14(16)3/h4-11,23H,1-3H3. The summed E-state index contributed by atoms with van der Waals surface area (Å²) in [6.07, 6.45) is 3.67. The summed E-state index contributed by atoms with van der Waals surface area (Å²) in [5.74, 6) is 0. The number of H-pyrrole nitrogens is 1. The Morgan fingerprint density at radius 1 is 1.04 bits per heavy atom. The van der Waals surface area contributed by atoms with E-state index in [-0.39, 0.29) is 5.69 Å². The van der Waals surface area contributed by atoms with Gasteiger partial charge in [0, 0.05) is 35.7 Å². The average molecular weight is 390 g/mol. The fourth-order valence-corrected chi connectivity index (χ4v) is 3.71. The van der Waals surface area contributed by atoms with Crippen LogP contribution in [0, 0.1) is 35.7 Å². The number of nitrogens with one attached hydrogen (secondary N) is 1. The number of hydrogen-bond donors (Lipinski definition) is 1. The molecule has 4 aromatic rings. The predicted molar refractivity (Wildman–Crippen MR) is 112 cm³/mol. The number of non-ortho nitro benzene ring substituents is 1. The normalized spacial score (nSPS) is 11.1. The third-order valence-electron chi connectivity index (χ3n) is 4.90. The fourth-order valence-electron chi connectivity index (χ4n) is 3.52. The van der Waals surface area contributed by atoms with Crippen molar-refractivity contribution in [2.75, 3.05) is 0 Å². The van der Waals surface area contributed by atoms with Crippen molar-refractivity contribution >= 4 is 23.6 Å². The molecule has 1 N–H and O–H groups in total. The van der Waals surface area contributed by atoms with E-state index in [2.05, 4.69) is 42.0 Å². The zero-order chi connectivity index (χ0) is 20.0. The summed E-state index contributed by atoms with van der Waals surface area (Å²) in [4.78, 5) is 18.5. The van der Waals surface area contributed by atoms with E-state index in [1.54, 1.807) is 18.3 Å². The monoisotopic (exact) mass is 390 g/mol. The first-order valence-electron chi connectivity index (χ1n) is 8.78. The van der Waals surface area contributed by atoms with E-state index in [0.717, 1.165) is 33.6 Å². The fraction of sp³-hybridized carbons (Fsp3) is 0.143. The molecule has 0 unspecified atom stereocenters. The van der Waals surface area contributed by atoms with Gasteiger partial charge in [0.1, 0.15) is 5.65 Å². The maximum atomic E-state index is 11.0. The highest BCUT2D eigenvalue weighted by atomic mass is 32.1. The van der Waals surface area contributed by atoms with Crippen LogP contribution in [0.15, 0.2) is 48.8 Å². The molecule has 6 nitrogen and oxygen atoms in total. The number of imidazole rings is 1. The number of fused-ring (bicyclic) bond motifs is 1. The van der Waals surface area contributed by atoms with Crippen molar-refractivity contribution in [1.82, 2.24) is 14.4 Å². The lowest BCUT2D eigenvalue weighted by Gasteiger charge is -2.07. The Labute approximate surface area is 166 Å². The van der Waals surface area contributed by atoms with Crippen LogP contribution in [0.2, 0.25) is 0 Å². The van der Waals surface area contributed by atoms with E-state index < -0.39 is 4.92 Å². The summed E-state index contributed by atoms with van der Waals surface area (Å²) >= 11 is 5.41. The van der Waals surface area contributed by atoms with Crippen LogP contribution < -0.4 is 0 Å². The molecule has 0 radical (unpaired) electrons. The van der Waals surface area contributed by atoms with Crippen molar-refractivity contribution in [1.29, 1.82) is 0 Å². The molecule has 0 spiro atoms. The second-order valence-corrected chi connectivity index (χ2v) is 7.28. The molecule has 0 atom stereocenters. The summed E-state index contributed by atoms with van der Waals surface area (Å²) in [6.45, 7) is 6.00. The van der Waals surface area contributed by atoms with Crippen molar-refractivity contribution in [2.45, 2.75) is 20.8 Å². The lowest BCUT2D eigenvalue weighted by molar-refractivity contribution is -0.384. The smallest absolute Gasteiger partial charge is 0.269 e. The van der Waals surface area contributed by atoms with Gasteiger partial charge in [-0.05, 0) is 55.7 Å². The largest absolute Gasteiger partial charge is 0.339 e. The molecule has 2 aromatic heterocycles. The van der Waals surface area contributed by atoms with Crippen LogP contribution in [-0.4, -0.2) is 19.3 Å². The number of aryl methyl sites for hydroxylation is 3.